The molecule has 102 valence electrons. The fourth-order valence-corrected chi connectivity index (χ4v) is 2.39. The van der Waals surface area contributed by atoms with E-state index in [2.05, 4.69) is 17.6 Å². The van der Waals surface area contributed by atoms with Crippen molar-refractivity contribution in [1.29, 1.82) is 0 Å². The maximum absolute atomic E-state index is 12.2. The Labute approximate surface area is 108 Å². The minimum atomic E-state index is -0.440. The molecule has 1 aliphatic carbocycles. The molecule has 0 aromatic rings. The van der Waals surface area contributed by atoms with Crippen LogP contribution in [0.1, 0.15) is 46.0 Å². The Morgan fingerprint density at radius 1 is 1.22 bits per heavy atom. The molecule has 2 N–H and O–H groups in total. The van der Waals surface area contributed by atoms with Crippen LogP contribution in [-0.4, -0.2) is 41.5 Å². The van der Waals surface area contributed by atoms with Crippen molar-refractivity contribution in [2.45, 2.75) is 64.1 Å². The number of likely N-dealkylation sites (tertiary alicyclic amines) is 1. The predicted molar refractivity (Wildman–Crippen MR) is 69.2 cm³/mol. The number of rotatable bonds is 3. The second-order valence-corrected chi connectivity index (χ2v) is 5.49. The summed E-state index contributed by atoms with van der Waals surface area (Å²) in [6, 6.07) is -0.0458. The lowest BCUT2D eigenvalue weighted by atomic mass is 10.0. The van der Waals surface area contributed by atoms with E-state index < -0.39 is 6.04 Å². The van der Waals surface area contributed by atoms with E-state index in [1.165, 1.54) is 6.42 Å². The second-order valence-electron chi connectivity index (χ2n) is 5.49. The van der Waals surface area contributed by atoms with Crippen LogP contribution < -0.4 is 10.6 Å². The molecule has 0 aromatic carbocycles. The predicted octanol–water partition coefficient (Wildman–Crippen LogP) is 1.24. The topological polar surface area (TPSA) is 61.4 Å². The molecule has 2 fully saturated rings. The lowest BCUT2D eigenvalue weighted by Crippen LogP contribution is -2.53. The first kappa shape index (κ1) is 13.2. The molecule has 0 radical (unpaired) electrons. The first-order chi connectivity index (χ1) is 8.58. The van der Waals surface area contributed by atoms with Gasteiger partial charge in [0, 0.05) is 18.6 Å². The highest BCUT2D eigenvalue weighted by atomic mass is 16.2. The largest absolute Gasteiger partial charge is 0.338 e. The maximum atomic E-state index is 12.2. The highest BCUT2D eigenvalue weighted by Crippen LogP contribution is 2.19. The van der Waals surface area contributed by atoms with Crippen molar-refractivity contribution in [3.05, 3.63) is 0 Å². The maximum Gasteiger partial charge on any atom is 0.315 e. The van der Waals surface area contributed by atoms with Crippen molar-refractivity contribution in [2.24, 2.45) is 0 Å². The van der Waals surface area contributed by atoms with Gasteiger partial charge in [0.25, 0.3) is 0 Å². The van der Waals surface area contributed by atoms with E-state index in [4.69, 9.17) is 0 Å². The zero-order valence-electron chi connectivity index (χ0n) is 11.2. The molecule has 0 unspecified atom stereocenters. The summed E-state index contributed by atoms with van der Waals surface area (Å²) in [6.45, 7) is 4.65. The van der Waals surface area contributed by atoms with E-state index in [9.17, 15) is 9.59 Å². The summed E-state index contributed by atoms with van der Waals surface area (Å²) in [4.78, 5) is 25.7. The van der Waals surface area contributed by atoms with Crippen molar-refractivity contribution in [3.8, 4) is 0 Å². The van der Waals surface area contributed by atoms with E-state index in [0.717, 1.165) is 32.2 Å². The number of nitrogens with one attached hydrogen (secondary N) is 2. The number of hydrogen-bond donors (Lipinski definition) is 2. The highest BCUT2D eigenvalue weighted by Gasteiger charge is 2.29. The third kappa shape index (κ3) is 3.37. The van der Waals surface area contributed by atoms with Crippen molar-refractivity contribution < 1.29 is 9.59 Å². The van der Waals surface area contributed by atoms with Crippen LogP contribution in [0.5, 0.6) is 0 Å². The summed E-state index contributed by atoms with van der Waals surface area (Å²) in [6.07, 6.45) is 5.43. The van der Waals surface area contributed by atoms with E-state index in [1.54, 1.807) is 6.92 Å². The first-order valence-corrected chi connectivity index (χ1v) is 6.95. The molecule has 0 spiro atoms. The monoisotopic (exact) mass is 253 g/mol. The molecule has 1 aliphatic heterocycles. The number of hydrogen-bond acceptors (Lipinski definition) is 2. The zero-order valence-corrected chi connectivity index (χ0v) is 11.2. The Morgan fingerprint density at radius 2 is 1.94 bits per heavy atom. The lowest BCUT2D eigenvalue weighted by Gasteiger charge is -2.35. The van der Waals surface area contributed by atoms with Gasteiger partial charge in [-0.3, -0.25) is 4.79 Å². The van der Waals surface area contributed by atoms with E-state index in [0.29, 0.717) is 12.1 Å². The minimum Gasteiger partial charge on any atom is -0.338 e. The van der Waals surface area contributed by atoms with Gasteiger partial charge in [0.05, 0.1) is 0 Å². The van der Waals surface area contributed by atoms with Gasteiger partial charge in [-0.05, 0) is 46.0 Å². The van der Waals surface area contributed by atoms with Crippen LogP contribution in [0.3, 0.4) is 0 Å². The van der Waals surface area contributed by atoms with Crippen LogP contribution >= 0.6 is 0 Å². The molecule has 5 nitrogen and oxygen atoms in total. The average molecular weight is 253 g/mol. The number of piperidine rings is 1. The summed E-state index contributed by atoms with van der Waals surface area (Å²) < 4.78 is 0. The molecule has 5 heteroatoms. The molecule has 2 rings (SSSR count). The van der Waals surface area contributed by atoms with E-state index in [-0.39, 0.29) is 11.9 Å². The average Bonchev–Trinajstić information content (AvgIpc) is 3.12. The zero-order chi connectivity index (χ0) is 13.1. The SMILES string of the molecule is C[C@H](NC(=O)NC1CC1)C(=O)N1CCCC[C@@H]1C. The molecule has 1 saturated heterocycles. The number of carbonyl (C=O) groups excluding carboxylic acids is 2. The third-order valence-electron chi connectivity index (χ3n) is 3.72. The van der Waals surface area contributed by atoms with Gasteiger partial charge in [-0.2, -0.15) is 0 Å². The summed E-state index contributed by atoms with van der Waals surface area (Å²) >= 11 is 0. The number of carbonyl (C=O) groups is 2. The molecule has 18 heavy (non-hydrogen) atoms. The van der Waals surface area contributed by atoms with Gasteiger partial charge in [-0.15, -0.1) is 0 Å². The Morgan fingerprint density at radius 3 is 2.56 bits per heavy atom. The quantitative estimate of drug-likeness (QED) is 0.795. The Kier molecular flexibility index (Phi) is 4.09. The van der Waals surface area contributed by atoms with Gasteiger partial charge >= 0.3 is 6.03 Å². The number of nitrogens with zero attached hydrogens (tertiary/aromatic N) is 1. The summed E-state index contributed by atoms with van der Waals surface area (Å²) in [7, 11) is 0. The van der Waals surface area contributed by atoms with Gasteiger partial charge in [0.1, 0.15) is 6.04 Å². The van der Waals surface area contributed by atoms with Crippen LogP contribution in [0, 0.1) is 0 Å². The first-order valence-electron chi connectivity index (χ1n) is 6.95. The number of urea groups is 1. The van der Waals surface area contributed by atoms with Gasteiger partial charge < -0.3 is 15.5 Å². The minimum absolute atomic E-state index is 0.0353. The van der Waals surface area contributed by atoms with Crippen LogP contribution in [-0.2, 0) is 4.79 Å². The van der Waals surface area contributed by atoms with Crippen molar-refractivity contribution >= 4 is 11.9 Å². The van der Waals surface area contributed by atoms with Gasteiger partial charge in [0.2, 0.25) is 5.91 Å². The second kappa shape index (κ2) is 5.59. The van der Waals surface area contributed by atoms with E-state index >= 15 is 0 Å². The van der Waals surface area contributed by atoms with Crippen LogP contribution in [0.25, 0.3) is 0 Å². The molecule has 0 aromatic heterocycles. The molecule has 1 saturated carbocycles. The van der Waals surface area contributed by atoms with Gasteiger partial charge in [-0.1, -0.05) is 0 Å². The number of amides is 3. The molecule has 0 bridgehead atoms. The molecular formula is C13H23N3O2. The van der Waals surface area contributed by atoms with Crippen molar-refractivity contribution in [1.82, 2.24) is 15.5 Å². The Balaban J connectivity index is 1.80. The molecule has 2 atom stereocenters. The van der Waals surface area contributed by atoms with Crippen LogP contribution in [0.2, 0.25) is 0 Å². The van der Waals surface area contributed by atoms with Gasteiger partial charge in [-0.25, -0.2) is 4.79 Å². The Bertz CT molecular complexity index is 328. The third-order valence-corrected chi connectivity index (χ3v) is 3.72. The fraction of sp³-hybridized carbons (Fsp3) is 0.846. The van der Waals surface area contributed by atoms with E-state index in [1.807, 2.05) is 4.90 Å². The van der Waals surface area contributed by atoms with Gasteiger partial charge in [0.15, 0.2) is 0 Å². The summed E-state index contributed by atoms with van der Waals surface area (Å²) in [5.41, 5.74) is 0. The standard InChI is InChI=1S/C13H23N3O2/c1-9-5-3-4-8-16(9)12(17)10(2)14-13(18)15-11-6-7-11/h9-11H,3-8H2,1-2H3,(H2,14,15,18)/t9-,10-/m0/s1. The Hall–Kier alpha value is -1.26. The molecule has 1 heterocycles. The lowest BCUT2D eigenvalue weighted by molar-refractivity contribution is -0.136. The fourth-order valence-electron chi connectivity index (χ4n) is 2.39. The van der Waals surface area contributed by atoms with Crippen molar-refractivity contribution in [2.75, 3.05) is 6.54 Å². The summed E-state index contributed by atoms with van der Waals surface area (Å²) in [5, 5.41) is 5.56. The summed E-state index contributed by atoms with van der Waals surface area (Å²) in [5.74, 6) is 0.0353. The molecule has 2 aliphatic rings. The molecule has 3 amide bonds. The smallest absolute Gasteiger partial charge is 0.315 e. The highest BCUT2D eigenvalue weighted by molar-refractivity contribution is 5.87. The normalized spacial score (nSPS) is 25.4. The molecular weight excluding hydrogens is 230 g/mol. The van der Waals surface area contributed by atoms with Crippen LogP contribution in [0.15, 0.2) is 0 Å². The van der Waals surface area contributed by atoms with Crippen molar-refractivity contribution in [3.63, 3.8) is 0 Å². The van der Waals surface area contributed by atoms with Crippen LogP contribution in [0.4, 0.5) is 4.79 Å².